The number of benzene rings is 3. The molecule has 1 aliphatic rings. The average molecular weight is 571 g/mol. The van der Waals surface area contributed by atoms with Crippen LogP contribution in [-0.4, -0.2) is 48.3 Å². The number of carbonyl (C=O) groups excluding carboxylic acids is 3. The van der Waals surface area contributed by atoms with Crippen LogP contribution in [0.15, 0.2) is 84.9 Å². The van der Waals surface area contributed by atoms with Gasteiger partial charge in [-0.25, -0.2) is 4.79 Å². The van der Waals surface area contributed by atoms with Crippen molar-refractivity contribution in [2.45, 2.75) is 70.4 Å². The standard InChI is InChI=1S/C32H38BN3O6/c1-31(2)32(3,4)42-33(41-31)25-17-15-23(16-18-25)19-26(28(34)37)35-29(38)27(20-22-11-7-5-8-12-22)36-30(39)40-21-24-13-9-6-10-14-24/h5-18,26-27H,19-21H2,1-4H3,(H2,34,37)(H,35,38)(H,36,39)/t26-,27-/m1/s1. The van der Waals surface area contributed by atoms with E-state index in [0.29, 0.717) is 0 Å². The Balaban J connectivity index is 1.41. The van der Waals surface area contributed by atoms with Crippen LogP contribution in [0, 0.1) is 0 Å². The summed E-state index contributed by atoms with van der Waals surface area (Å²) in [6.45, 7) is 8.02. The van der Waals surface area contributed by atoms with Gasteiger partial charge in [0.05, 0.1) is 11.2 Å². The Labute approximate surface area is 247 Å². The van der Waals surface area contributed by atoms with E-state index < -0.39 is 48.3 Å². The van der Waals surface area contributed by atoms with Crippen LogP contribution in [0.5, 0.6) is 0 Å². The molecule has 42 heavy (non-hydrogen) atoms. The average Bonchev–Trinajstić information content (AvgIpc) is 3.18. The van der Waals surface area contributed by atoms with E-state index >= 15 is 0 Å². The second kappa shape index (κ2) is 13.2. The van der Waals surface area contributed by atoms with E-state index in [2.05, 4.69) is 10.6 Å². The number of alkyl carbamates (subject to hydrolysis) is 1. The quantitative estimate of drug-likeness (QED) is 0.304. The topological polar surface area (TPSA) is 129 Å². The first-order valence-corrected chi connectivity index (χ1v) is 14.0. The van der Waals surface area contributed by atoms with E-state index in [-0.39, 0.29) is 19.4 Å². The minimum atomic E-state index is -0.999. The molecule has 0 aromatic heterocycles. The molecular weight excluding hydrogens is 533 g/mol. The van der Waals surface area contributed by atoms with Crippen molar-refractivity contribution in [1.82, 2.24) is 10.6 Å². The summed E-state index contributed by atoms with van der Waals surface area (Å²) in [4.78, 5) is 38.4. The first-order chi connectivity index (χ1) is 19.9. The summed E-state index contributed by atoms with van der Waals surface area (Å²) in [6, 6.07) is 23.9. The number of hydrogen-bond acceptors (Lipinski definition) is 6. The van der Waals surface area contributed by atoms with Crippen molar-refractivity contribution in [1.29, 1.82) is 0 Å². The first-order valence-electron chi connectivity index (χ1n) is 14.0. The van der Waals surface area contributed by atoms with Crippen molar-refractivity contribution in [2.75, 3.05) is 0 Å². The van der Waals surface area contributed by atoms with E-state index in [4.69, 9.17) is 19.8 Å². The zero-order chi connectivity index (χ0) is 30.3. The fourth-order valence-corrected chi connectivity index (χ4v) is 4.49. The predicted molar refractivity (Wildman–Crippen MR) is 161 cm³/mol. The number of nitrogens with two attached hydrogens (primary N) is 1. The maximum absolute atomic E-state index is 13.4. The van der Waals surface area contributed by atoms with Crippen molar-refractivity contribution in [2.24, 2.45) is 5.73 Å². The number of amides is 3. The van der Waals surface area contributed by atoms with Gasteiger partial charge < -0.3 is 30.4 Å². The van der Waals surface area contributed by atoms with Crippen LogP contribution in [0.2, 0.25) is 0 Å². The summed E-state index contributed by atoms with van der Waals surface area (Å²) in [6.07, 6.45) is -0.383. The van der Waals surface area contributed by atoms with Gasteiger partial charge in [-0.2, -0.15) is 0 Å². The monoisotopic (exact) mass is 571 g/mol. The summed E-state index contributed by atoms with van der Waals surface area (Å²) < 4.78 is 17.6. The molecule has 3 amide bonds. The highest BCUT2D eigenvalue weighted by Gasteiger charge is 2.51. The first kappa shape index (κ1) is 30.8. The summed E-state index contributed by atoms with van der Waals surface area (Å²) in [5.41, 5.74) is 8.03. The van der Waals surface area contributed by atoms with Gasteiger partial charge in [-0.15, -0.1) is 0 Å². The van der Waals surface area contributed by atoms with E-state index in [1.165, 1.54) is 0 Å². The molecule has 0 saturated carbocycles. The number of primary amides is 1. The molecule has 10 heteroatoms. The Morgan fingerprint density at radius 1 is 0.738 bits per heavy atom. The van der Waals surface area contributed by atoms with Crippen LogP contribution in [0.4, 0.5) is 4.79 Å². The van der Waals surface area contributed by atoms with Gasteiger partial charge in [0.1, 0.15) is 18.7 Å². The van der Waals surface area contributed by atoms with Crippen molar-refractivity contribution in [3.8, 4) is 0 Å². The van der Waals surface area contributed by atoms with Gasteiger partial charge >= 0.3 is 13.2 Å². The summed E-state index contributed by atoms with van der Waals surface area (Å²) in [7, 11) is -0.512. The van der Waals surface area contributed by atoms with Crippen molar-refractivity contribution < 1.29 is 28.4 Å². The van der Waals surface area contributed by atoms with Crippen LogP contribution in [0.25, 0.3) is 0 Å². The third-order valence-electron chi connectivity index (χ3n) is 7.71. The van der Waals surface area contributed by atoms with Crippen LogP contribution < -0.4 is 21.8 Å². The molecule has 1 fully saturated rings. The Kier molecular flexibility index (Phi) is 9.70. The summed E-state index contributed by atoms with van der Waals surface area (Å²) in [5.74, 6) is -1.24. The summed E-state index contributed by atoms with van der Waals surface area (Å²) >= 11 is 0. The Hall–Kier alpha value is -4.15. The van der Waals surface area contributed by atoms with E-state index in [1.807, 2.05) is 113 Å². The van der Waals surface area contributed by atoms with Gasteiger partial charge in [-0.1, -0.05) is 84.9 Å². The van der Waals surface area contributed by atoms with Crippen molar-refractivity contribution in [3.63, 3.8) is 0 Å². The van der Waals surface area contributed by atoms with Gasteiger partial charge in [-0.05, 0) is 49.8 Å². The van der Waals surface area contributed by atoms with E-state index in [1.54, 1.807) is 0 Å². The largest absolute Gasteiger partial charge is 0.494 e. The summed E-state index contributed by atoms with van der Waals surface area (Å²) in [5, 5.41) is 5.37. The lowest BCUT2D eigenvalue weighted by molar-refractivity contribution is -0.128. The van der Waals surface area contributed by atoms with Gasteiger partial charge in [0.15, 0.2) is 0 Å². The molecular formula is C32H38BN3O6. The van der Waals surface area contributed by atoms with Gasteiger partial charge in [0.2, 0.25) is 11.8 Å². The highest BCUT2D eigenvalue weighted by atomic mass is 16.7. The van der Waals surface area contributed by atoms with Gasteiger partial charge in [0, 0.05) is 12.8 Å². The number of ether oxygens (including phenoxy) is 1. The van der Waals surface area contributed by atoms with E-state index in [0.717, 1.165) is 22.2 Å². The van der Waals surface area contributed by atoms with E-state index in [9.17, 15) is 14.4 Å². The SMILES string of the molecule is CC1(C)OB(c2ccc(C[C@@H](NC(=O)[C@@H](Cc3ccccc3)NC(=O)OCc3ccccc3)C(N)=O)cc2)OC1(C)C. The second-order valence-corrected chi connectivity index (χ2v) is 11.4. The lowest BCUT2D eigenvalue weighted by atomic mass is 9.78. The third-order valence-corrected chi connectivity index (χ3v) is 7.71. The molecule has 1 aliphatic heterocycles. The molecule has 3 aromatic rings. The number of carbonyl (C=O) groups is 3. The Bertz CT molecular complexity index is 1350. The number of nitrogens with one attached hydrogen (secondary N) is 2. The minimum Gasteiger partial charge on any atom is -0.445 e. The zero-order valence-electron chi connectivity index (χ0n) is 24.5. The lowest BCUT2D eigenvalue weighted by Crippen LogP contribution is -2.54. The van der Waals surface area contributed by atoms with Gasteiger partial charge in [-0.3, -0.25) is 9.59 Å². The molecule has 4 N–H and O–H groups in total. The maximum atomic E-state index is 13.4. The van der Waals surface area contributed by atoms with Crippen LogP contribution in [0.1, 0.15) is 44.4 Å². The smallest absolute Gasteiger partial charge is 0.445 e. The third kappa shape index (κ3) is 7.99. The van der Waals surface area contributed by atoms with Crippen LogP contribution in [-0.2, 0) is 43.1 Å². The predicted octanol–water partition coefficient (Wildman–Crippen LogP) is 3.04. The van der Waals surface area contributed by atoms with Crippen LogP contribution >= 0.6 is 0 Å². The molecule has 0 spiro atoms. The van der Waals surface area contributed by atoms with Gasteiger partial charge in [0.25, 0.3) is 0 Å². The molecule has 0 aliphatic carbocycles. The van der Waals surface area contributed by atoms with Crippen molar-refractivity contribution >= 4 is 30.5 Å². The van der Waals surface area contributed by atoms with Crippen LogP contribution in [0.3, 0.4) is 0 Å². The fraction of sp³-hybridized carbons (Fsp3) is 0.344. The number of rotatable bonds is 11. The molecule has 1 saturated heterocycles. The molecule has 3 aromatic carbocycles. The second-order valence-electron chi connectivity index (χ2n) is 11.4. The minimum absolute atomic E-state index is 0.0538. The molecule has 0 bridgehead atoms. The molecule has 1 heterocycles. The molecule has 220 valence electrons. The maximum Gasteiger partial charge on any atom is 0.494 e. The molecule has 4 rings (SSSR count). The zero-order valence-corrected chi connectivity index (χ0v) is 24.5. The normalized spacial score (nSPS) is 16.7. The highest BCUT2D eigenvalue weighted by Crippen LogP contribution is 2.36. The molecule has 2 atom stereocenters. The Morgan fingerprint density at radius 2 is 1.24 bits per heavy atom. The molecule has 0 radical (unpaired) electrons. The molecule has 0 unspecified atom stereocenters. The highest BCUT2D eigenvalue weighted by molar-refractivity contribution is 6.62. The molecule has 9 nitrogen and oxygen atoms in total. The number of hydrogen-bond donors (Lipinski definition) is 3. The fourth-order valence-electron chi connectivity index (χ4n) is 4.49. The Morgan fingerprint density at radius 3 is 1.79 bits per heavy atom. The lowest BCUT2D eigenvalue weighted by Gasteiger charge is -2.32. The van der Waals surface area contributed by atoms with Crippen molar-refractivity contribution in [3.05, 3.63) is 102 Å².